The summed E-state index contributed by atoms with van der Waals surface area (Å²) >= 11 is 6.24. The third-order valence-electron chi connectivity index (χ3n) is 3.46. The van der Waals surface area contributed by atoms with E-state index in [1.54, 1.807) is 6.07 Å². The lowest BCUT2D eigenvalue weighted by molar-refractivity contribution is -0.385. The molecule has 2 rings (SSSR count). The molecule has 0 saturated heterocycles. The Balaban J connectivity index is 2.57. The minimum absolute atomic E-state index is 0.0421. The van der Waals surface area contributed by atoms with Crippen LogP contribution in [0.3, 0.4) is 0 Å². The Labute approximate surface area is 123 Å². The molecular weight excluding hydrogens is 282 g/mol. The number of nitrogens with zero attached hydrogens (tertiary/aromatic N) is 1. The number of benzene rings is 1. The molecular formula is C14H18ClNO4. The number of halogens is 1. The van der Waals surface area contributed by atoms with Crippen molar-refractivity contribution in [3.8, 4) is 11.5 Å². The lowest BCUT2D eigenvalue weighted by atomic mass is 9.85. The molecule has 1 aliphatic rings. The van der Waals surface area contributed by atoms with E-state index in [1.165, 1.54) is 6.07 Å². The highest BCUT2D eigenvalue weighted by Gasteiger charge is 2.31. The van der Waals surface area contributed by atoms with E-state index in [1.807, 2.05) is 20.8 Å². The van der Waals surface area contributed by atoms with Gasteiger partial charge < -0.3 is 9.47 Å². The molecule has 2 atom stereocenters. The average Bonchev–Trinajstić information content (AvgIpc) is 2.36. The molecule has 0 spiro atoms. The zero-order valence-corrected chi connectivity index (χ0v) is 12.5. The van der Waals surface area contributed by atoms with E-state index in [-0.39, 0.29) is 27.8 Å². The highest BCUT2D eigenvalue weighted by molar-refractivity contribution is 6.21. The molecule has 0 fully saturated rings. The van der Waals surface area contributed by atoms with Crippen LogP contribution < -0.4 is 9.47 Å². The van der Waals surface area contributed by atoms with Gasteiger partial charge in [-0.2, -0.15) is 0 Å². The van der Waals surface area contributed by atoms with Crippen LogP contribution in [0.1, 0.15) is 32.3 Å². The van der Waals surface area contributed by atoms with Crippen molar-refractivity contribution in [2.75, 3.05) is 13.2 Å². The summed E-state index contributed by atoms with van der Waals surface area (Å²) < 4.78 is 10.9. The summed E-state index contributed by atoms with van der Waals surface area (Å²) in [6.07, 6.45) is 0. The Morgan fingerprint density at radius 3 is 2.20 bits per heavy atom. The molecule has 6 heteroatoms. The van der Waals surface area contributed by atoms with Gasteiger partial charge >= 0.3 is 0 Å². The van der Waals surface area contributed by atoms with Crippen LogP contribution in [0.25, 0.3) is 0 Å². The van der Waals surface area contributed by atoms with Crippen LogP contribution in [0, 0.1) is 16.0 Å². The number of alkyl halides is 1. The van der Waals surface area contributed by atoms with E-state index >= 15 is 0 Å². The fraction of sp³-hybridized carbons (Fsp3) is 0.571. The molecule has 1 aromatic carbocycles. The van der Waals surface area contributed by atoms with Crippen LogP contribution in [-0.4, -0.2) is 23.5 Å². The molecule has 0 N–H and O–H groups in total. The number of nitro groups is 1. The minimum atomic E-state index is -0.387. The molecule has 0 bridgehead atoms. The SMILES string of the molecule is CC(C)C(c1cc2c(cc1[N+](=O)[O-])OCCO2)C(C)Cl. The topological polar surface area (TPSA) is 61.6 Å². The molecule has 1 aliphatic heterocycles. The highest BCUT2D eigenvalue weighted by atomic mass is 35.5. The second-order valence-corrected chi connectivity index (χ2v) is 5.95. The van der Waals surface area contributed by atoms with Crippen molar-refractivity contribution in [1.29, 1.82) is 0 Å². The Kier molecular flexibility index (Phi) is 4.38. The lowest BCUT2D eigenvalue weighted by Crippen LogP contribution is -2.20. The monoisotopic (exact) mass is 299 g/mol. The summed E-state index contributed by atoms with van der Waals surface area (Å²) in [6.45, 7) is 6.72. The number of fused-ring (bicyclic) bond motifs is 1. The zero-order chi connectivity index (χ0) is 14.9. The number of rotatable bonds is 4. The van der Waals surface area contributed by atoms with Gasteiger partial charge in [-0.05, 0) is 18.9 Å². The van der Waals surface area contributed by atoms with Crippen LogP contribution in [0.15, 0.2) is 12.1 Å². The number of nitro benzene ring substituents is 1. The van der Waals surface area contributed by atoms with Gasteiger partial charge in [0.15, 0.2) is 11.5 Å². The number of hydrogen-bond donors (Lipinski definition) is 0. The van der Waals surface area contributed by atoms with E-state index in [0.717, 1.165) is 0 Å². The third-order valence-corrected chi connectivity index (χ3v) is 3.73. The van der Waals surface area contributed by atoms with Crippen LogP contribution in [0.4, 0.5) is 5.69 Å². The van der Waals surface area contributed by atoms with Crippen molar-refractivity contribution >= 4 is 17.3 Å². The van der Waals surface area contributed by atoms with E-state index in [4.69, 9.17) is 21.1 Å². The van der Waals surface area contributed by atoms with Gasteiger partial charge in [0.05, 0.1) is 11.0 Å². The largest absolute Gasteiger partial charge is 0.486 e. The number of hydrogen-bond acceptors (Lipinski definition) is 4. The predicted molar refractivity (Wildman–Crippen MR) is 77.0 cm³/mol. The van der Waals surface area contributed by atoms with Crippen molar-refractivity contribution in [2.24, 2.45) is 5.92 Å². The molecule has 0 aromatic heterocycles. The number of ether oxygens (including phenoxy) is 2. The van der Waals surface area contributed by atoms with E-state index in [9.17, 15) is 10.1 Å². The molecule has 0 aliphatic carbocycles. The van der Waals surface area contributed by atoms with E-state index in [0.29, 0.717) is 30.3 Å². The van der Waals surface area contributed by atoms with Gasteiger partial charge in [0.2, 0.25) is 0 Å². The summed E-state index contributed by atoms with van der Waals surface area (Å²) in [4.78, 5) is 10.9. The zero-order valence-electron chi connectivity index (χ0n) is 11.8. The van der Waals surface area contributed by atoms with Gasteiger partial charge in [-0.3, -0.25) is 10.1 Å². The van der Waals surface area contributed by atoms with Crippen molar-refractivity contribution in [2.45, 2.75) is 32.1 Å². The second kappa shape index (κ2) is 5.87. The molecule has 0 saturated carbocycles. The fourth-order valence-electron chi connectivity index (χ4n) is 2.66. The van der Waals surface area contributed by atoms with Gasteiger partial charge in [0, 0.05) is 16.9 Å². The first kappa shape index (κ1) is 14.9. The van der Waals surface area contributed by atoms with Gasteiger partial charge in [-0.25, -0.2) is 0 Å². The Morgan fingerprint density at radius 1 is 1.20 bits per heavy atom. The smallest absolute Gasteiger partial charge is 0.276 e. The maximum atomic E-state index is 11.3. The normalized spacial score (nSPS) is 16.9. The van der Waals surface area contributed by atoms with Crippen molar-refractivity contribution in [1.82, 2.24) is 0 Å². The first-order valence-corrected chi connectivity index (χ1v) is 7.07. The first-order chi connectivity index (χ1) is 9.41. The summed E-state index contributed by atoms with van der Waals surface area (Å²) in [7, 11) is 0. The Hall–Kier alpha value is -1.49. The maximum Gasteiger partial charge on any atom is 0.276 e. The molecule has 110 valence electrons. The van der Waals surface area contributed by atoms with E-state index < -0.39 is 0 Å². The molecule has 20 heavy (non-hydrogen) atoms. The molecule has 0 amide bonds. The first-order valence-electron chi connectivity index (χ1n) is 6.63. The van der Waals surface area contributed by atoms with Crippen molar-refractivity contribution < 1.29 is 14.4 Å². The molecule has 0 radical (unpaired) electrons. The molecule has 1 heterocycles. The quantitative estimate of drug-likeness (QED) is 0.483. The molecule has 1 aromatic rings. The van der Waals surface area contributed by atoms with Gasteiger partial charge in [0.1, 0.15) is 13.2 Å². The van der Waals surface area contributed by atoms with Crippen molar-refractivity contribution in [3.05, 3.63) is 27.8 Å². The van der Waals surface area contributed by atoms with Gasteiger partial charge in [-0.15, -0.1) is 11.6 Å². The molecule has 5 nitrogen and oxygen atoms in total. The Morgan fingerprint density at radius 2 is 1.75 bits per heavy atom. The summed E-state index contributed by atoms with van der Waals surface area (Å²) in [5.41, 5.74) is 0.650. The summed E-state index contributed by atoms with van der Waals surface area (Å²) in [6, 6.07) is 3.15. The maximum absolute atomic E-state index is 11.3. The average molecular weight is 300 g/mol. The second-order valence-electron chi connectivity index (χ2n) is 5.26. The standard InChI is InChI=1S/C14H18ClNO4/c1-8(2)14(9(3)15)10-6-12-13(20-5-4-19-12)7-11(10)16(17)18/h6-9,14H,4-5H2,1-3H3. The summed E-state index contributed by atoms with van der Waals surface area (Å²) in [5, 5.41) is 11.1. The van der Waals surface area contributed by atoms with Crippen LogP contribution >= 0.6 is 11.6 Å². The Bertz CT molecular complexity index is 508. The van der Waals surface area contributed by atoms with E-state index in [2.05, 4.69) is 0 Å². The predicted octanol–water partition coefficient (Wildman–Crippen LogP) is 3.73. The van der Waals surface area contributed by atoms with Crippen molar-refractivity contribution in [3.63, 3.8) is 0 Å². The summed E-state index contributed by atoms with van der Waals surface area (Å²) in [5.74, 6) is 1.05. The van der Waals surface area contributed by atoms with Crippen LogP contribution in [0.5, 0.6) is 11.5 Å². The highest BCUT2D eigenvalue weighted by Crippen LogP contribution is 2.43. The van der Waals surface area contributed by atoms with Gasteiger partial charge in [-0.1, -0.05) is 13.8 Å². The van der Waals surface area contributed by atoms with Crippen LogP contribution in [0.2, 0.25) is 0 Å². The lowest BCUT2D eigenvalue weighted by Gasteiger charge is -2.26. The molecule has 2 unspecified atom stereocenters. The van der Waals surface area contributed by atoms with Gasteiger partial charge in [0.25, 0.3) is 5.69 Å². The fourth-order valence-corrected chi connectivity index (χ4v) is 3.08. The minimum Gasteiger partial charge on any atom is -0.486 e. The van der Waals surface area contributed by atoms with Crippen LogP contribution in [-0.2, 0) is 0 Å². The third kappa shape index (κ3) is 2.82.